The van der Waals surface area contributed by atoms with Crippen LogP contribution in [-0.2, 0) is 0 Å². The summed E-state index contributed by atoms with van der Waals surface area (Å²) >= 11 is 5.56. The summed E-state index contributed by atoms with van der Waals surface area (Å²) in [5, 5.41) is 41.3. The van der Waals surface area contributed by atoms with Crippen molar-refractivity contribution in [2.75, 3.05) is 40.1 Å². The first-order valence-corrected chi connectivity index (χ1v) is 18.6. The smallest absolute Gasteiger partial charge is 0.545 e. The fourth-order valence-corrected chi connectivity index (χ4v) is 4.08. The molecule has 0 heterocycles. The molecule has 7 rings (SSSR count). The predicted molar refractivity (Wildman–Crippen MR) is 252 cm³/mol. The average Bonchev–Trinajstić information content (AvgIpc) is 3.28. The number of nitro groups is 1. The van der Waals surface area contributed by atoms with Gasteiger partial charge in [-0.25, -0.2) is 4.39 Å². The molecule has 68 heavy (non-hydrogen) atoms. The first-order chi connectivity index (χ1) is 30.7. The summed E-state index contributed by atoms with van der Waals surface area (Å²) in [5.41, 5.74) is 42.6. The Morgan fingerprint density at radius 1 is 0.456 bits per heavy atom. The number of halogens is 2. The van der Waals surface area contributed by atoms with E-state index >= 15 is 0 Å². The zero-order valence-electron chi connectivity index (χ0n) is 36.9. The van der Waals surface area contributed by atoms with Gasteiger partial charge in [0.25, 0.3) is 5.69 Å². The van der Waals surface area contributed by atoms with E-state index in [-0.39, 0.29) is 114 Å². The van der Waals surface area contributed by atoms with Crippen LogP contribution in [0.4, 0.5) is 49.9 Å². The van der Waals surface area contributed by atoms with E-state index in [1.54, 1.807) is 48.5 Å². The number of carbonyl (C=O) groups excluding carboxylic acids is 4. The molecule has 22 heteroatoms. The van der Waals surface area contributed by atoms with Gasteiger partial charge in [0.05, 0.1) is 22.8 Å². The Labute approximate surface area is 460 Å². The normalized spacial score (nSPS) is 8.74. The van der Waals surface area contributed by atoms with Gasteiger partial charge in [-0.15, -0.1) is 0 Å². The molecule has 0 spiro atoms. The van der Waals surface area contributed by atoms with E-state index < -0.39 is 22.8 Å². The van der Waals surface area contributed by atoms with E-state index in [2.05, 4.69) is 0 Å². The number of nitrogens with two attached hydrogens (primary N) is 7. The molecule has 7 aromatic carbocycles. The van der Waals surface area contributed by atoms with Gasteiger partial charge in [-0.1, -0.05) is 48.0 Å². The minimum Gasteiger partial charge on any atom is -0.545 e. The Hall–Kier alpha value is -6.30. The van der Waals surface area contributed by atoms with Crippen LogP contribution in [-0.4, -0.2) is 66.9 Å². The third kappa shape index (κ3) is 30.8. The molecule has 0 atom stereocenters. The largest absolute Gasteiger partial charge is 2.00 e. The van der Waals surface area contributed by atoms with E-state index in [9.17, 15) is 49.0 Å². The molecular formula is C46H43CaClFLiN8NaO9+. The Balaban J connectivity index is -0.000000721. The van der Waals surface area contributed by atoms with Gasteiger partial charge in [0.15, 0.2) is 0 Å². The zero-order valence-corrected chi connectivity index (χ0v) is 41.8. The van der Waals surface area contributed by atoms with E-state index in [1.807, 2.05) is 0 Å². The standard InChI is InChI=1S/3C7H7NO2.C7H7NO.C6H6ClN.C6H6FN.C6H6N2O2.Ca.Li.Na/c3*8-6-3-1-5(2-4-6)7(9)10;8-7-3-1-6(5-9)2-4-7;2*7-5-1-3-6(8)4-2-5;7-5-1-3-6(4-2-5)8(9)10;;;/h3*1-4H,8H2,(H,9,10);1-5H,8H2;2*1-4H,8H2;1-4H,7H2;;;/q;;;;;;;+2;2*+1/p-3. The summed E-state index contributed by atoms with van der Waals surface area (Å²) in [7, 11) is 0. The minimum absolute atomic E-state index is 0. The van der Waals surface area contributed by atoms with Crippen LogP contribution in [0.3, 0.4) is 0 Å². The molecule has 338 valence electrons. The number of nitro benzene ring substituents is 1. The summed E-state index contributed by atoms with van der Waals surface area (Å²) in [5.74, 6) is -3.79. The van der Waals surface area contributed by atoms with Gasteiger partial charge in [-0.2, -0.15) is 0 Å². The number of rotatable bonds is 5. The molecule has 0 aromatic heterocycles. The monoisotopic (exact) mass is 975 g/mol. The molecule has 0 saturated carbocycles. The van der Waals surface area contributed by atoms with Crippen molar-refractivity contribution in [1.29, 1.82) is 0 Å². The minimum atomic E-state index is -1.18. The second kappa shape index (κ2) is 36.8. The molecule has 14 N–H and O–H groups in total. The van der Waals surface area contributed by atoms with Crippen LogP contribution < -0.4 is 104 Å². The third-order valence-corrected chi connectivity index (χ3v) is 7.61. The number of carboxylic acids is 3. The molecule has 0 saturated heterocycles. The van der Waals surface area contributed by atoms with Gasteiger partial charge in [0, 0.05) is 62.5 Å². The van der Waals surface area contributed by atoms with Gasteiger partial charge in [-0.05, 0) is 138 Å². The first kappa shape index (κ1) is 66.0. The molecule has 0 bridgehead atoms. The van der Waals surface area contributed by atoms with Gasteiger partial charge in [0.2, 0.25) is 0 Å². The van der Waals surface area contributed by atoms with Gasteiger partial charge >= 0.3 is 86.2 Å². The molecule has 0 unspecified atom stereocenters. The van der Waals surface area contributed by atoms with Crippen LogP contribution in [0.2, 0.25) is 5.02 Å². The van der Waals surface area contributed by atoms with Gasteiger partial charge in [-0.3, -0.25) is 14.9 Å². The van der Waals surface area contributed by atoms with Crippen molar-refractivity contribution in [3.05, 3.63) is 213 Å². The van der Waals surface area contributed by atoms with Crippen molar-refractivity contribution in [1.82, 2.24) is 0 Å². The number of aromatic carboxylic acids is 3. The maximum absolute atomic E-state index is 12.0. The molecule has 0 radical (unpaired) electrons. The number of anilines is 7. The number of aldehydes is 1. The third-order valence-electron chi connectivity index (χ3n) is 7.36. The Morgan fingerprint density at radius 3 is 0.882 bits per heavy atom. The molecule has 0 aliphatic heterocycles. The molecule has 7 aromatic rings. The summed E-state index contributed by atoms with van der Waals surface area (Å²) < 4.78 is 12.0. The Kier molecular flexibility index (Phi) is 35.7. The first-order valence-electron chi connectivity index (χ1n) is 18.2. The quantitative estimate of drug-likeness (QED) is 0.0326. The van der Waals surface area contributed by atoms with Crippen LogP contribution >= 0.6 is 11.6 Å². The van der Waals surface area contributed by atoms with Crippen LogP contribution in [0, 0.1) is 15.9 Å². The maximum atomic E-state index is 12.0. The van der Waals surface area contributed by atoms with E-state index in [1.165, 1.54) is 121 Å². The number of nitrogen functional groups attached to an aromatic ring is 7. The number of non-ortho nitro benzene ring substituents is 1. The molecule has 0 amide bonds. The molecule has 0 aliphatic carbocycles. The van der Waals surface area contributed by atoms with E-state index in [0.717, 1.165) is 17.0 Å². The fourth-order valence-electron chi connectivity index (χ4n) is 3.95. The van der Waals surface area contributed by atoms with Crippen molar-refractivity contribution in [3.63, 3.8) is 0 Å². The van der Waals surface area contributed by atoms with Crippen LogP contribution in [0.1, 0.15) is 41.4 Å². The number of hydrogen-bond acceptors (Lipinski definition) is 16. The number of hydrogen-bond donors (Lipinski definition) is 7. The topological polar surface area (TPSA) is 363 Å². The maximum Gasteiger partial charge on any atom is 2.00 e. The number of carbonyl (C=O) groups is 4. The SMILES string of the molecule is Nc1ccc(C(=O)[O-])cc1.Nc1ccc(C(=O)[O-])cc1.Nc1ccc(C(=O)[O-])cc1.Nc1ccc(C=O)cc1.Nc1ccc(Cl)cc1.Nc1ccc(F)cc1.Nc1ccc([N+](=O)[O-])cc1.[Ca+2].[Li+].[Na+]. The summed E-state index contributed by atoms with van der Waals surface area (Å²) in [6, 6.07) is 42.8. The van der Waals surface area contributed by atoms with Crippen LogP contribution in [0.5, 0.6) is 0 Å². The predicted octanol–water partition coefficient (Wildman–Crippen LogP) is -1.89. The fraction of sp³-hybridized carbons (Fsp3) is 0. The summed E-state index contributed by atoms with van der Waals surface area (Å²) in [4.78, 5) is 50.2. The molecule has 17 nitrogen and oxygen atoms in total. The molecular weight excluding hydrogens is 933 g/mol. The van der Waals surface area contributed by atoms with Crippen LogP contribution in [0.25, 0.3) is 0 Å². The Morgan fingerprint density at radius 2 is 0.676 bits per heavy atom. The van der Waals surface area contributed by atoms with E-state index in [0.29, 0.717) is 39.7 Å². The van der Waals surface area contributed by atoms with Crippen molar-refractivity contribution in [3.8, 4) is 0 Å². The van der Waals surface area contributed by atoms with Gasteiger partial charge < -0.3 is 69.8 Å². The summed E-state index contributed by atoms with van der Waals surface area (Å²) in [6.45, 7) is 0. The van der Waals surface area contributed by atoms with Crippen molar-refractivity contribution < 1.29 is 92.2 Å². The van der Waals surface area contributed by atoms with Crippen molar-refractivity contribution in [2.24, 2.45) is 0 Å². The molecule has 0 aliphatic rings. The number of benzene rings is 7. The second-order valence-corrected chi connectivity index (χ2v) is 12.9. The molecule has 0 fully saturated rings. The second-order valence-electron chi connectivity index (χ2n) is 12.5. The number of carboxylic acid groups (broad SMARTS) is 3. The zero-order chi connectivity index (χ0) is 48.9. The van der Waals surface area contributed by atoms with Crippen LogP contribution in [0.15, 0.2) is 170 Å². The summed E-state index contributed by atoms with van der Waals surface area (Å²) in [6.07, 6.45) is 0.791. The average molecular weight is 976 g/mol. The van der Waals surface area contributed by atoms with Crippen molar-refractivity contribution in [2.45, 2.75) is 0 Å². The number of nitrogens with zero attached hydrogens (tertiary/aromatic N) is 1. The van der Waals surface area contributed by atoms with E-state index in [4.69, 9.17) is 51.7 Å². The van der Waals surface area contributed by atoms with Crippen molar-refractivity contribution >= 4 is 119 Å². The Bertz CT molecular complexity index is 2230. The van der Waals surface area contributed by atoms with Gasteiger partial charge in [0.1, 0.15) is 12.1 Å².